The molecule has 1 aromatic rings. The van der Waals surface area contributed by atoms with Crippen molar-refractivity contribution in [3.8, 4) is 0 Å². The lowest BCUT2D eigenvalue weighted by Crippen LogP contribution is -2.60. The average Bonchev–Trinajstić information content (AvgIpc) is 2.71. The molecule has 1 N–H and O–H groups in total. The van der Waals surface area contributed by atoms with E-state index in [4.69, 9.17) is 4.74 Å². The van der Waals surface area contributed by atoms with E-state index >= 15 is 0 Å². The molecule has 5 nitrogen and oxygen atoms in total. The van der Waals surface area contributed by atoms with E-state index in [1.807, 2.05) is 20.8 Å². The molecular weight excluding hydrogens is 338 g/mol. The highest BCUT2D eigenvalue weighted by atomic mass is 79.9. The number of hydrogen-bond donors (Lipinski definition) is 1. The zero-order chi connectivity index (χ0) is 16.0. The van der Waals surface area contributed by atoms with Gasteiger partial charge in [0.05, 0.1) is 22.7 Å². The summed E-state index contributed by atoms with van der Waals surface area (Å²) < 4.78 is 5.03. The van der Waals surface area contributed by atoms with Gasteiger partial charge < -0.3 is 9.84 Å². The van der Waals surface area contributed by atoms with Gasteiger partial charge in [-0.3, -0.25) is 0 Å². The van der Waals surface area contributed by atoms with Crippen LogP contribution in [-0.4, -0.2) is 29.8 Å². The van der Waals surface area contributed by atoms with Gasteiger partial charge in [-0.1, -0.05) is 0 Å². The molecule has 1 heterocycles. The number of carboxylic acid groups (broad SMARTS) is 1. The van der Waals surface area contributed by atoms with Crippen molar-refractivity contribution in [2.24, 2.45) is 0 Å². The molecule has 0 fully saturated rings. The third kappa shape index (κ3) is 2.18. The minimum absolute atomic E-state index is 0.333. The van der Waals surface area contributed by atoms with E-state index in [1.54, 1.807) is 24.4 Å². The van der Waals surface area contributed by atoms with Gasteiger partial charge in [-0.15, -0.1) is 0 Å². The first-order valence-corrected chi connectivity index (χ1v) is 7.18. The lowest BCUT2D eigenvalue weighted by atomic mass is 10.0. The number of fused-ring (bicyclic) bond motifs is 1. The maximum Gasteiger partial charge on any atom is 0.524 e. The largest absolute Gasteiger partial charge is 0.524 e. The Balaban J connectivity index is 2.76. The summed E-state index contributed by atoms with van der Waals surface area (Å²) in [6.45, 7) is 5.54. The van der Waals surface area contributed by atoms with E-state index in [9.17, 15) is 14.7 Å². The second-order valence-electron chi connectivity index (χ2n) is 5.88. The zero-order valence-corrected chi connectivity index (χ0v) is 13.9. The highest BCUT2D eigenvalue weighted by molar-refractivity contribution is 9.15. The predicted molar refractivity (Wildman–Crippen MR) is 84.3 cm³/mol. The monoisotopic (exact) mass is 354 g/mol. The average molecular weight is 355 g/mol. The number of hydrogen-bond acceptors (Lipinski definition) is 3. The van der Waals surface area contributed by atoms with Crippen LogP contribution < -0.4 is 4.48 Å². The molecule has 1 atom stereocenters. The highest BCUT2D eigenvalue weighted by Crippen LogP contribution is 2.48. The number of carbonyl (C=O) groups is 2. The standard InChI is InChI=1S/C15H16BrNO4/c1-15(2,3)17(14(19)20)8-11(16)10-6-5-9(7-12(10)17)13(18)21-4/h5-8H,1-4H3/p+1. The van der Waals surface area contributed by atoms with Crippen LogP contribution in [0.15, 0.2) is 24.4 Å². The number of methoxy groups -OCH3 is 1. The quantitative estimate of drug-likeness (QED) is 0.612. The number of amides is 1. The summed E-state index contributed by atoms with van der Waals surface area (Å²) in [5.41, 5.74) is 1.02. The first kappa shape index (κ1) is 15.7. The fourth-order valence-corrected chi connectivity index (χ4v) is 3.22. The van der Waals surface area contributed by atoms with Crippen LogP contribution in [0.3, 0.4) is 0 Å². The van der Waals surface area contributed by atoms with Crippen LogP contribution >= 0.6 is 15.9 Å². The molecule has 0 bridgehead atoms. The van der Waals surface area contributed by atoms with Crippen LogP contribution in [-0.2, 0) is 4.74 Å². The topological polar surface area (TPSA) is 63.6 Å². The van der Waals surface area contributed by atoms with Crippen LogP contribution in [0.2, 0.25) is 0 Å². The van der Waals surface area contributed by atoms with Crippen LogP contribution in [0.1, 0.15) is 36.7 Å². The van der Waals surface area contributed by atoms with Crippen LogP contribution in [0.4, 0.5) is 10.5 Å². The summed E-state index contributed by atoms with van der Waals surface area (Å²) >= 11 is 3.42. The Morgan fingerprint density at radius 3 is 2.38 bits per heavy atom. The van der Waals surface area contributed by atoms with Crippen molar-refractivity contribution in [3.63, 3.8) is 0 Å². The maximum absolute atomic E-state index is 12.0. The molecule has 1 aliphatic rings. The minimum atomic E-state index is -1.000. The lowest BCUT2D eigenvalue weighted by Gasteiger charge is -2.38. The molecule has 0 aliphatic carbocycles. The number of nitrogens with zero attached hydrogens (tertiary/aromatic N) is 1. The summed E-state index contributed by atoms with van der Waals surface area (Å²) in [5, 5.41) is 9.84. The number of halogens is 1. The van der Waals surface area contributed by atoms with E-state index in [0.29, 0.717) is 15.7 Å². The van der Waals surface area contributed by atoms with E-state index in [2.05, 4.69) is 15.9 Å². The molecule has 1 aliphatic heterocycles. The summed E-state index contributed by atoms with van der Waals surface area (Å²) in [4.78, 5) is 23.7. The SMILES string of the molecule is COC(=O)c1ccc2c(c1)[N+](C(=O)O)(C(C)(C)C)C=C2Br. The molecule has 21 heavy (non-hydrogen) atoms. The van der Waals surface area contributed by atoms with Gasteiger partial charge >= 0.3 is 12.1 Å². The molecule has 112 valence electrons. The van der Waals surface area contributed by atoms with Crippen molar-refractivity contribution in [3.05, 3.63) is 35.5 Å². The normalized spacial score (nSPS) is 20.7. The van der Waals surface area contributed by atoms with Gasteiger partial charge in [-0.05, 0) is 48.8 Å². The molecule has 0 radical (unpaired) electrons. The molecule has 0 spiro atoms. The second kappa shape index (κ2) is 4.96. The molecule has 0 saturated heterocycles. The van der Waals surface area contributed by atoms with Crippen LogP contribution in [0, 0.1) is 0 Å². The van der Waals surface area contributed by atoms with Gasteiger partial charge in [0, 0.05) is 6.07 Å². The number of quaternary nitrogens is 1. The fraction of sp³-hybridized carbons (Fsp3) is 0.333. The second-order valence-corrected chi connectivity index (χ2v) is 6.73. The smallest absolute Gasteiger partial charge is 0.465 e. The maximum atomic E-state index is 12.0. The first-order valence-electron chi connectivity index (χ1n) is 6.39. The third-order valence-electron chi connectivity index (χ3n) is 3.72. The van der Waals surface area contributed by atoms with Gasteiger partial charge in [0.15, 0.2) is 5.69 Å². The summed E-state index contributed by atoms with van der Waals surface area (Å²) in [5.74, 6) is -0.488. The Bertz CT molecular complexity index is 660. The van der Waals surface area contributed by atoms with E-state index in [0.717, 1.165) is 5.56 Å². The Morgan fingerprint density at radius 1 is 1.29 bits per heavy atom. The third-order valence-corrected chi connectivity index (χ3v) is 4.35. The van der Waals surface area contributed by atoms with Crippen molar-refractivity contribution < 1.29 is 19.4 Å². The molecule has 1 amide bonds. The number of benzene rings is 1. The van der Waals surface area contributed by atoms with Crippen LogP contribution in [0.25, 0.3) is 4.48 Å². The zero-order valence-electron chi connectivity index (χ0n) is 12.3. The molecule has 1 unspecified atom stereocenters. The lowest BCUT2D eigenvalue weighted by molar-refractivity contribution is 0.0600. The van der Waals surface area contributed by atoms with Gasteiger partial charge in [-0.2, -0.15) is 9.28 Å². The summed E-state index contributed by atoms with van der Waals surface area (Å²) in [7, 11) is 1.30. The molecule has 1 aromatic carbocycles. The van der Waals surface area contributed by atoms with Gasteiger partial charge in [-0.25, -0.2) is 4.79 Å². The van der Waals surface area contributed by atoms with Crippen molar-refractivity contribution in [1.82, 2.24) is 4.48 Å². The van der Waals surface area contributed by atoms with E-state index in [-0.39, 0.29) is 4.48 Å². The predicted octanol–water partition coefficient (Wildman–Crippen LogP) is 3.96. The van der Waals surface area contributed by atoms with Crippen molar-refractivity contribution >= 4 is 38.2 Å². The van der Waals surface area contributed by atoms with Gasteiger partial charge in [0.25, 0.3) is 0 Å². The number of esters is 1. The summed E-state index contributed by atoms with van der Waals surface area (Å²) in [6.07, 6.45) is 0.647. The molecule has 0 aromatic heterocycles. The number of carbonyl (C=O) groups excluding carboxylic acids is 1. The Labute approximate surface area is 131 Å². The van der Waals surface area contributed by atoms with Gasteiger partial charge in [0.2, 0.25) is 0 Å². The van der Waals surface area contributed by atoms with Crippen molar-refractivity contribution in [1.29, 1.82) is 0 Å². The Hall–Kier alpha value is -1.66. The van der Waals surface area contributed by atoms with Crippen LogP contribution in [0.5, 0.6) is 0 Å². The Kier molecular flexibility index (Phi) is 3.71. The molecular formula is C15H17BrNO4+. The molecule has 2 rings (SSSR count). The van der Waals surface area contributed by atoms with E-state index < -0.39 is 17.6 Å². The molecule has 0 saturated carbocycles. The van der Waals surface area contributed by atoms with Crippen molar-refractivity contribution in [2.75, 3.05) is 7.11 Å². The van der Waals surface area contributed by atoms with E-state index in [1.165, 1.54) is 7.11 Å². The minimum Gasteiger partial charge on any atom is -0.465 e. The molecule has 6 heteroatoms. The van der Waals surface area contributed by atoms with Crippen molar-refractivity contribution in [2.45, 2.75) is 26.3 Å². The van der Waals surface area contributed by atoms with Gasteiger partial charge in [0.1, 0.15) is 11.7 Å². The Morgan fingerprint density at radius 2 is 1.90 bits per heavy atom. The number of ether oxygens (including phenoxy) is 1. The fourth-order valence-electron chi connectivity index (χ4n) is 2.58. The first-order chi connectivity index (χ1) is 9.65. The summed E-state index contributed by atoms with van der Waals surface area (Å²) in [6, 6.07) is 4.95. The highest BCUT2D eigenvalue weighted by Gasteiger charge is 2.54. The number of rotatable bonds is 1.